The van der Waals surface area contributed by atoms with E-state index in [0.29, 0.717) is 18.7 Å². The molecular weight excluding hydrogens is 391 g/mol. The fourth-order valence-corrected chi connectivity index (χ4v) is 4.34. The van der Waals surface area contributed by atoms with Crippen LogP contribution in [-0.4, -0.2) is 30.9 Å². The lowest BCUT2D eigenvalue weighted by molar-refractivity contribution is 0.321. The molecule has 0 aliphatic carbocycles. The smallest absolute Gasteiger partial charge is 0.243 e. The summed E-state index contributed by atoms with van der Waals surface area (Å²) in [5.74, 6) is -0.666. The van der Waals surface area contributed by atoms with E-state index < -0.39 is 15.8 Å². The van der Waals surface area contributed by atoms with Crippen LogP contribution in [0.25, 0.3) is 0 Å². The van der Waals surface area contributed by atoms with E-state index in [1.165, 1.54) is 16.4 Å². The molecule has 7 heteroatoms. The van der Waals surface area contributed by atoms with Crippen LogP contribution in [0.15, 0.2) is 77.8 Å². The Kier molecular flexibility index (Phi) is 6.95. The zero-order chi connectivity index (χ0) is 20.7. The van der Waals surface area contributed by atoms with Gasteiger partial charge in [0.15, 0.2) is 11.6 Å². The van der Waals surface area contributed by atoms with Gasteiger partial charge in [0.1, 0.15) is 0 Å². The molecule has 0 saturated heterocycles. The number of aromatic nitrogens is 1. The van der Waals surface area contributed by atoms with E-state index in [4.69, 9.17) is 4.74 Å². The van der Waals surface area contributed by atoms with Crippen molar-refractivity contribution in [2.45, 2.75) is 24.8 Å². The number of hydrogen-bond donors (Lipinski definition) is 0. The average molecular weight is 415 g/mol. The Balaban J connectivity index is 1.89. The third kappa shape index (κ3) is 5.40. The van der Waals surface area contributed by atoms with Crippen LogP contribution in [-0.2, 0) is 23.0 Å². The van der Waals surface area contributed by atoms with Gasteiger partial charge in [-0.3, -0.25) is 4.98 Å². The Morgan fingerprint density at radius 1 is 1.03 bits per heavy atom. The first-order valence-corrected chi connectivity index (χ1v) is 10.8. The topological polar surface area (TPSA) is 59.5 Å². The minimum Gasteiger partial charge on any atom is -0.491 e. The zero-order valence-corrected chi connectivity index (χ0v) is 17.0. The summed E-state index contributed by atoms with van der Waals surface area (Å²) < 4.78 is 47.3. The fraction of sp³-hybridized carbons (Fsp3) is 0.227. The summed E-state index contributed by atoms with van der Waals surface area (Å²) in [6, 6.07) is 18.7. The van der Waals surface area contributed by atoms with Crippen molar-refractivity contribution in [1.29, 1.82) is 0 Å². The van der Waals surface area contributed by atoms with Crippen molar-refractivity contribution in [2.24, 2.45) is 0 Å². The average Bonchev–Trinajstić information content (AvgIpc) is 2.74. The molecule has 152 valence electrons. The van der Waals surface area contributed by atoms with Gasteiger partial charge in [0, 0.05) is 12.7 Å². The number of benzene rings is 2. The van der Waals surface area contributed by atoms with E-state index in [9.17, 15) is 12.8 Å². The Hall–Kier alpha value is -2.77. The second kappa shape index (κ2) is 9.62. The first-order valence-electron chi connectivity index (χ1n) is 9.37. The molecule has 0 bridgehead atoms. The lowest BCUT2D eigenvalue weighted by Crippen LogP contribution is -2.33. The highest BCUT2D eigenvalue weighted by Crippen LogP contribution is 2.24. The van der Waals surface area contributed by atoms with Gasteiger partial charge >= 0.3 is 0 Å². The van der Waals surface area contributed by atoms with Gasteiger partial charge in [-0.1, -0.05) is 36.4 Å². The summed E-state index contributed by atoms with van der Waals surface area (Å²) in [6.45, 7) is 2.39. The lowest BCUT2D eigenvalue weighted by atomic mass is 10.1. The van der Waals surface area contributed by atoms with Crippen molar-refractivity contribution in [3.05, 3.63) is 90.0 Å². The lowest BCUT2D eigenvalue weighted by Gasteiger charge is -2.22. The van der Waals surface area contributed by atoms with Crippen LogP contribution in [0.4, 0.5) is 4.39 Å². The molecule has 0 saturated carbocycles. The number of halogens is 1. The van der Waals surface area contributed by atoms with Crippen molar-refractivity contribution in [2.75, 3.05) is 13.2 Å². The normalized spacial score (nSPS) is 11.6. The molecule has 1 heterocycles. The van der Waals surface area contributed by atoms with Crippen LogP contribution in [0.3, 0.4) is 0 Å². The fourth-order valence-electron chi connectivity index (χ4n) is 2.92. The van der Waals surface area contributed by atoms with E-state index >= 15 is 0 Å². The van der Waals surface area contributed by atoms with Crippen molar-refractivity contribution in [1.82, 2.24) is 9.29 Å². The predicted octanol–water partition coefficient (Wildman–Crippen LogP) is 4.05. The van der Waals surface area contributed by atoms with Gasteiger partial charge in [-0.25, -0.2) is 12.8 Å². The Bertz CT molecular complexity index is 1030. The van der Waals surface area contributed by atoms with Crippen molar-refractivity contribution in [3.63, 3.8) is 0 Å². The standard InChI is InChI=1S/C22H23FN2O3S/c1-2-28-22-12-11-20(16-21(22)23)29(26,27)25(17-19-10-6-7-14-24-19)15-13-18-8-4-3-5-9-18/h3-12,14,16H,2,13,15,17H2,1H3. The molecule has 0 atom stereocenters. The number of nitrogens with zero attached hydrogens (tertiary/aromatic N) is 2. The highest BCUT2D eigenvalue weighted by atomic mass is 32.2. The quantitative estimate of drug-likeness (QED) is 0.530. The molecule has 0 aliphatic rings. The Morgan fingerprint density at radius 3 is 2.45 bits per heavy atom. The van der Waals surface area contributed by atoms with Gasteiger partial charge in [0.2, 0.25) is 10.0 Å². The van der Waals surface area contributed by atoms with Gasteiger partial charge in [0.05, 0.1) is 23.7 Å². The molecule has 0 aliphatic heterocycles. The van der Waals surface area contributed by atoms with E-state index in [0.717, 1.165) is 11.6 Å². The maximum Gasteiger partial charge on any atom is 0.243 e. The number of ether oxygens (including phenoxy) is 1. The Morgan fingerprint density at radius 2 is 1.79 bits per heavy atom. The van der Waals surface area contributed by atoms with Gasteiger partial charge in [-0.05, 0) is 49.2 Å². The van der Waals surface area contributed by atoms with Crippen LogP contribution in [0.2, 0.25) is 0 Å². The molecule has 0 fully saturated rings. The summed E-state index contributed by atoms with van der Waals surface area (Å²) in [4.78, 5) is 4.13. The SMILES string of the molecule is CCOc1ccc(S(=O)(=O)N(CCc2ccccc2)Cc2ccccn2)cc1F. The molecular formula is C22H23FN2O3S. The van der Waals surface area contributed by atoms with Crippen LogP contribution >= 0.6 is 0 Å². The van der Waals surface area contributed by atoms with Crippen molar-refractivity contribution >= 4 is 10.0 Å². The van der Waals surface area contributed by atoms with Crippen LogP contribution < -0.4 is 4.74 Å². The van der Waals surface area contributed by atoms with Crippen molar-refractivity contribution in [3.8, 4) is 5.75 Å². The van der Waals surface area contributed by atoms with Crippen LogP contribution in [0, 0.1) is 5.82 Å². The molecule has 0 amide bonds. The first-order chi connectivity index (χ1) is 14.0. The minimum atomic E-state index is -3.93. The van der Waals surface area contributed by atoms with Crippen LogP contribution in [0.5, 0.6) is 5.75 Å². The third-order valence-corrected chi connectivity index (χ3v) is 6.24. The summed E-state index contributed by atoms with van der Waals surface area (Å²) in [7, 11) is -3.93. The van der Waals surface area contributed by atoms with E-state index in [2.05, 4.69) is 4.98 Å². The molecule has 2 aromatic carbocycles. The maximum atomic E-state index is 14.3. The van der Waals surface area contributed by atoms with E-state index in [-0.39, 0.29) is 23.7 Å². The van der Waals surface area contributed by atoms with E-state index in [1.807, 2.05) is 30.3 Å². The molecule has 0 N–H and O–H groups in total. The highest BCUT2D eigenvalue weighted by Gasteiger charge is 2.26. The number of pyridine rings is 1. The molecule has 5 nitrogen and oxygen atoms in total. The molecule has 0 spiro atoms. The largest absolute Gasteiger partial charge is 0.491 e. The third-order valence-electron chi connectivity index (χ3n) is 4.40. The van der Waals surface area contributed by atoms with Crippen LogP contribution in [0.1, 0.15) is 18.2 Å². The summed E-state index contributed by atoms with van der Waals surface area (Å²) >= 11 is 0. The molecule has 0 radical (unpaired) electrons. The highest BCUT2D eigenvalue weighted by molar-refractivity contribution is 7.89. The maximum absolute atomic E-state index is 14.3. The van der Waals surface area contributed by atoms with Gasteiger partial charge in [-0.15, -0.1) is 0 Å². The molecule has 3 aromatic rings. The summed E-state index contributed by atoms with van der Waals surface area (Å²) in [6.07, 6.45) is 2.15. The predicted molar refractivity (Wildman–Crippen MR) is 110 cm³/mol. The number of sulfonamides is 1. The molecule has 1 aromatic heterocycles. The summed E-state index contributed by atoms with van der Waals surface area (Å²) in [5, 5.41) is 0. The van der Waals surface area contributed by atoms with E-state index in [1.54, 1.807) is 31.3 Å². The molecule has 29 heavy (non-hydrogen) atoms. The van der Waals surface area contributed by atoms with Gasteiger partial charge in [0.25, 0.3) is 0 Å². The number of hydrogen-bond acceptors (Lipinski definition) is 4. The second-order valence-electron chi connectivity index (χ2n) is 6.42. The van der Waals surface area contributed by atoms with Gasteiger partial charge in [-0.2, -0.15) is 4.31 Å². The minimum absolute atomic E-state index is 0.0343. The van der Waals surface area contributed by atoms with Crippen molar-refractivity contribution < 1.29 is 17.5 Å². The Labute approximate surface area is 170 Å². The first kappa shape index (κ1) is 21.0. The molecule has 3 rings (SSSR count). The monoisotopic (exact) mass is 414 g/mol. The zero-order valence-electron chi connectivity index (χ0n) is 16.2. The number of rotatable bonds is 9. The summed E-state index contributed by atoms with van der Waals surface area (Å²) in [5.41, 5.74) is 1.64. The molecule has 0 unspecified atom stereocenters. The second-order valence-corrected chi connectivity index (χ2v) is 8.36. The van der Waals surface area contributed by atoms with Gasteiger partial charge < -0.3 is 4.74 Å².